The average molecular weight is 288 g/mol. The Labute approximate surface area is 122 Å². The number of carbonyl (C=O) groups excluding carboxylic acids is 2. The molecule has 2 fully saturated rings. The lowest BCUT2D eigenvalue weighted by molar-refractivity contribution is -0.131. The topological polar surface area (TPSA) is 67.9 Å². The van der Waals surface area contributed by atoms with Crippen molar-refractivity contribution in [3.8, 4) is 11.5 Å². The summed E-state index contributed by atoms with van der Waals surface area (Å²) in [6, 6.07) is 5.19. The highest BCUT2D eigenvalue weighted by atomic mass is 16.7. The third-order valence-corrected chi connectivity index (χ3v) is 4.48. The molecule has 0 aromatic heterocycles. The number of carbonyl (C=O) groups is 2. The maximum absolute atomic E-state index is 12.6. The third-order valence-electron chi connectivity index (χ3n) is 4.48. The molecule has 0 atom stereocenters. The van der Waals surface area contributed by atoms with Gasteiger partial charge in [-0.05, 0) is 30.5 Å². The fraction of sp³-hybridized carbons (Fsp3) is 0.467. The van der Waals surface area contributed by atoms with Crippen molar-refractivity contribution in [2.45, 2.75) is 37.8 Å². The summed E-state index contributed by atoms with van der Waals surface area (Å²) in [5.41, 5.74) is 0.214. The summed E-state index contributed by atoms with van der Waals surface area (Å²) in [6.07, 6.45) is 3.47. The van der Waals surface area contributed by atoms with E-state index in [9.17, 15) is 9.59 Å². The highest BCUT2D eigenvalue weighted by molar-refractivity contribution is 6.07. The molecule has 4 rings (SSSR count). The number of rotatable bonds is 2. The summed E-state index contributed by atoms with van der Waals surface area (Å²) in [5.74, 6) is 1.26. The van der Waals surface area contributed by atoms with Crippen molar-refractivity contribution in [3.63, 3.8) is 0 Å². The maximum Gasteiger partial charge on any atom is 0.325 e. The van der Waals surface area contributed by atoms with Gasteiger partial charge >= 0.3 is 6.03 Å². The molecule has 1 N–H and O–H groups in total. The van der Waals surface area contributed by atoms with Crippen LogP contribution >= 0.6 is 0 Å². The second-order valence-corrected chi connectivity index (χ2v) is 5.80. The van der Waals surface area contributed by atoms with Gasteiger partial charge in [0.2, 0.25) is 6.79 Å². The molecule has 0 unspecified atom stereocenters. The van der Waals surface area contributed by atoms with Crippen LogP contribution in [0.2, 0.25) is 0 Å². The lowest BCUT2D eigenvalue weighted by Gasteiger charge is -2.20. The summed E-state index contributed by atoms with van der Waals surface area (Å²) in [5, 5.41) is 2.88. The Morgan fingerprint density at radius 1 is 1.14 bits per heavy atom. The van der Waals surface area contributed by atoms with E-state index < -0.39 is 5.54 Å². The largest absolute Gasteiger partial charge is 0.454 e. The predicted octanol–water partition coefficient (Wildman–Crippen LogP) is 1.78. The van der Waals surface area contributed by atoms with Gasteiger partial charge in [-0.2, -0.15) is 0 Å². The molecule has 21 heavy (non-hydrogen) atoms. The minimum absolute atomic E-state index is 0.0948. The molecule has 6 nitrogen and oxygen atoms in total. The Kier molecular flexibility index (Phi) is 2.60. The number of imide groups is 1. The Balaban J connectivity index is 1.57. The number of hydrogen-bond donors (Lipinski definition) is 1. The quantitative estimate of drug-likeness (QED) is 0.842. The Hall–Kier alpha value is -2.24. The van der Waals surface area contributed by atoms with Crippen LogP contribution in [0.4, 0.5) is 4.79 Å². The van der Waals surface area contributed by atoms with Crippen LogP contribution in [0.15, 0.2) is 18.2 Å². The SMILES string of the molecule is O=C1NC2(CCCC2)C(=O)N1Cc1ccc2c(c1)OCO2. The minimum atomic E-state index is -0.645. The van der Waals surface area contributed by atoms with Crippen molar-refractivity contribution in [2.24, 2.45) is 0 Å². The molecular weight excluding hydrogens is 272 g/mol. The molecule has 3 aliphatic rings. The highest BCUT2D eigenvalue weighted by Crippen LogP contribution is 2.37. The van der Waals surface area contributed by atoms with Crippen molar-refractivity contribution in [3.05, 3.63) is 23.8 Å². The van der Waals surface area contributed by atoms with Crippen LogP contribution < -0.4 is 14.8 Å². The Morgan fingerprint density at radius 2 is 1.90 bits per heavy atom. The zero-order valence-electron chi connectivity index (χ0n) is 11.6. The molecule has 110 valence electrons. The van der Waals surface area contributed by atoms with Gasteiger partial charge in [-0.25, -0.2) is 4.79 Å². The lowest BCUT2D eigenvalue weighted by Crippen LogP contribution is -2.44. The van der Waals surface area contributed by atoms with E-state index in [0.717, 1.165) is 31.2 Å². The standard InChI is InChI=1S/C15H16N2O4/c18-13-15(5-1-2-6-15)16-14(19)17(13)8-10-3-4-11-12(7-10)21-9-20-11/h3-4,7H,1-2,5-6,8-9H2,(H,16,19). The van der Waals surface area contributed by atoms with E-state index in [1.54, 1.807) is 0 Å². The molecule has 1 aromatic carbocycles. The molecule has 6 heteroatoms. The molecule has 0 radical (unpaired) electrons. The lowest BCUT2D eigenvalue weighted by atomic mass is 9.98. The molecule has 1 aliphatic carbocycles. The number of fused-ring (bicyclic) bond motifs is 1. The zero-order valence-corrected chi connectivity index (χ0v) is 11.6. The number of benzene rings is 1. The molecule has 2 heterocycles. The molecule has 0 bridgehead atoms. The van der Waals surface area contributed by atoms with Gasteiger partial charge < -0.3 is 14.8 Å². The normalized spacial score (nSPS) is 22.2. The molecule has 3 amide bonds. The fourth-order valence-electron chi connectivity index (χ4n) is 3.36. The Bertz CT molecular complexity index is 622. The summed E-state index contributed by atoms with van der Waals surface area (Å²) in [6.45, 7) is 0.480. The van der Waals surface area contributed by atoms with E-state index in [-0.39, 0.29) is 25.3 Å². The number of nitrogens with one attached hydrogen (secondary N) is 1. The second kappa shape index (κ2) is 4.38. The first-order valence-corrected chi connectivity index (χ1v) is 7.21. The van der Waals surface area contributed by atoms with Gasteiger partial charge in [0.25, 0.3) is 5.91 Å². The third kappa shape index (κ3) is 1.86. The summed E-state index contributed by atoms with van der Waals surface area (Å²) < 4.78 is 10.6. The van der Waals surface area contributed by atoms with Gasteiger partial charge in [-0.15, -0.1) is 0 Å². The smallest absolute Gasteiger partial charge is 0.325 e. The van der Waals surface area contributed by atoms with Gasteiger partial charge in [0, 0.05) is 0 Å². The van der Waals surface area contributed by atoms with Gasteiger partial charge in [-0.3, -0.25) is 9.69 Å². The van der Waals surface area contributed by atoms with Crippen LogP contribution in [0.3, 0.4) is 0 Å². The molecule has 2 aliphatic heterocycles. The van der Waals surface area contributed by atoms with E-state index in [2.05, 4.69) is 5.32 Å². The van der Waals surface area contributed by atoms with E-state index in [0.29, 0.717) is 11.5 Å². The zero-order chi connectivity index (χ0) is 14.4. The van der Waals surface area contributed by atoms with E-state index in [4.69, 9.17) is 9.47 Å². The highest BCUT2D eigenvalue weighted by Gasteiger charge is 2.52. The molecule has 1 spiro atoms. The maximum atomic E-state index is 12.6. The van der Waals surface area contributed by atoms with Crippen molar-refractivity contribution >= 4 is 11.9 Å². The Morgan fingerprint density at radius 3 is 2.71 bits per heavy atom. The van der Waals surface area contributed by atoms with Crippen LogP contribution in [0.25, 0.3) is 0 Å². The number of hydrogen-bond acceptors (Lipinski definition) is 4. The monoisotopic (exact) mass is 288 g/mol. The molecular formula is C15H16N2O4. The van der Waals surface area contributed by atoms with E-state index >= 15 is 0 Å². The summed E-state index contributed by atoms with van der Waals surface area (Å²) >= 11 is 0. The number of ether oxygens (including phenoxy) is 2. The van der Waals surface area contributed by atoms with Crippen molar-refractivity contribution in [1.82, 2.24) is 10.2 Å². The first-order valence-electron chi connectivity index (χ1n) is 7.21. The van der Waals surface area contributed by atoms with Crippen molar-refractivity contribution in [1.29, 1.82) is 0 Å². The second-order valence-electron chi connectivity index (χ2n) is 5.80. The predicted molar refractivity (Wildman–Crippen MR) is 72.8 cm³/mol. The first-order chi connectivity index (χ1) is 10.2. The van der Waals surface area contributed by atoms with Crippen molar-refractivity contribution in [2.75, 3.05) is 6.79 Å². The van der Waals surface area contributed by atoms with Crippen LogP contribution in [-0.4, -0.2) is 29.2 Å². The van der Waals surface area contributed by atoms with Gasteiger partial charge in [-0.1, -0.05) is 18.9 Å². The van der Waals surface area contributed by atoms with Crippen LogP contribution in [0.5, 0.6) is 11.5 Å². The van der Waals surface area contributed by atoms with Crippen LogP contribution in [0.1, 0.15) is 31.2 Å². The number of amides is 3. The minimum Gasteiger partial charge on any atom is -0.454 e. The van der Waals surface area contributed by atoms with Gasteiger partial charge in [0.05, 0.1) is 6.54 Å². The van der Waals surface area contributed by atoms with Gasteiger partial charge in [0.15, 0.2) is 11.5 Å². The fourth-order valence-corrected chi connectivity index (χ4v) is 3.36. The number of nitrogens with zero attached hydrogens (tertiary/aromatic N) is 1. The molecule has 1 aromatic rings. The average Bonchev–Trinajstić information content (AvgIpc) is 3.16. The molecule has 1 saturated carbocycles. The van der Waals surface area contributed by atoms with Crippen LogP contribution in [-0.2, 0) is 11.3 Å². The van der Waals surface area contributed by atoms with Crippen LogP contribution in [0, 0.1) is 0 Å². The first kappa shape index (κ1) is 12.5. The number of urea groups is 1. The van der Waals surface area contributed by atoms with Gasteiger partial charge in [0.1, 0.15) is 5.54 Å². The summed E-state index contributed by atoms with van der Waals surface area (Å²) in [4.78, 5) is 26.0. The van der Waals surface area contributed by atoms with E-state index in [1.807, 2.05) is 18.2 Å². The molecule has 1 saturated heterocycles. The summed E-state index contributed by atoms with van der Waals surface area (Å²) in [7, 11) is 0. The van der Waals surface area contributed by atoms with E-state index in [1.165, 1.54) is 4.90 Å². The van der Waals surface area contributed by atoms with Crippen molar-refractivity contribution < 1.29 is 19.1 Å².